The summed E-state index contributed by atoms with van der Waals surface area (Å²) in [6.07, 6.45) is 1.55. The van der Waals surface area contributed by atoms with Crippen molar-refractivity contribution in [2.24, 2.45) is 5.73 Å². The summed E-state index contributed by atoms with van der Waals surface area (Å²) >= 11 is 0. The van der Waals surface area contributed by atoms with Crippen LogP contribution in [0.3, 0.4) is 0 Å². The van der Waals surface area contributed by atoms with E-state index < -0.39 is 6.10 Å². The highest BCUT2D eigenvalue weighted by atomic mass is 16.5. The number of ether oxygens (including phenoxy) is 1. The molecule has 1 atom stereocenters. The number of rotatable bonds is 8. The number of aliphatic hydroxyl groups excluding tert-OH is 1. The van der Waals surface area contributed by atoms with Gasteiger partial charge in [0.15, 0.2) is 0 Å². The Labute approximate surface area is 91.2 Å². The van der Waals surface area contributed by atoms with Crippen LogP contribution in [-0.2, 0) is 9.53 Å². The Bertz CT molecular complexity index is 176. The molecule has 0 aliphatic rings. The fraction of sp³-hybridized carbons (Fsp3) is 0.900. The van der Waals surface area contributed by atoms with Gasteiger partial charge in [0.25, 0.3) is 0 Å². The molecule has 0 saturated carbocycles. The largest absolute Gasteiger partial charge is 0.389 e. The third-order valence-corrected chi connectivity index (χ3v) is 2.11. The van der Waals surface area contributed by atoms with Crippen LogP contribution in [-0.4, -0.2) is 55.9 Å². The Kier molecular flexibility index (Phi) is 8.27. The second kappa shape index (κ2) is 8.64. The number of carbonyl (C=O) groups is 1. The number of likely N-dealkylation sites (N-methyl/N-ethyl adjacent to an activating group) is 1. The van der Waals surface area contributed by atoms with Crippen LogP contribution in [0.15, 0.2) is 0 Å². The average Bonchev–Trinajstić information content (AvgIpc) is 2.18. The molecule has 0 fully saturated rings. The fourth-order valence-corrected chi connectivity index (χ4v) is 1.27. The summed E-state index contributed by atoms with van der Waals surface area (Å²) in [4.78, 5) is 13.0. The lowest BCUT2D eigenvalue weighted by Gasteiger charge is -2.20. The minimum atomic E-state index is -0.613. The van der Waals surface area contributed by atoms with Crippen LogP contribution in [0.1, 0.15) is 19.3 Å². The molecule has 0 radical (unpaired) electrons. The number of hydrogen-bond donors (Lipinski definition) is 2. The minimum Gasteiger partial charge on any atom is -0.389 e. The van der Waals surface area contributed by atoms with Gasteiger partial charge in [0.2, 0.25) is 5.91 Å². The van der Waals surface area contributed by atoms with E-state index in [-0.39, 0.29) is 12.5 Å². The zero-order valence-corrected chi connectivity index (χ0v) is 9.61. The molecule has 0 aromatic rings. The van der Waals surface area contributed by atoms with Crippen molar-refractivity contribution in [2.75, 3.05) is 33.9 Å². The Balaban J connectivity index is 3.68. The molecule has 0 spiro atoms. The molecule has 3 N–H and O–H groups in total. The summed E-state index contributed by atoms with van der Waals surface area (Å²) in [5.74, 6) is 0.0404. The van der Waals surface area contributed by atoms with Gasteiger partial charge in [-0.15, -0.1) is 0 Å². The summed E-state index contributed by atoms with van der Waals surface area (Å²) in [5, 5.41) is 9.40. The predicted octanol–water partition coefficient (Wildman–Crippen LogP) is -0.419. The van der Waals surface area contributed by atoms with E-state index in [1.54, 1.807) is 7.05 Å². The van der Waals surface area contributed by atoms with Crippen molar-refractivity contribution in [3.05, 3.63) is 0 Å². The van der Waals surface area contributed by atoms with E-state index in [9.17, 15) is 9.90 Å². The topological polar surface area (TPSA) is 75.8 Å². The van der Waals surface area contributed by atoms with Gasteiger partial charge in [-0.2, -0.15) is 0 Å². The molecule has 90 valence electrons. The summed E-state index contributed by atoms with van der Waals surface area (Å²) in [6.45, 7) is 1.18. The Hall–Kier alpha value is -0.650. The number of nitrogens with zero attached hydrogens (tertiary/aromatic N) is 1. The molecule has 5 heteroatoms. The molecule has 0 saturated heterocycles. The van der Waals surface area contributed by atoms with Crippen molar-refractivity contribution in [3.8, 4) is 0 Å². The zero-order valence-electron chi connectivity index (χ0n) is 9.61. The van der Waals surface area contributed by atoms with Gasteiger partial charge in [-0.1, -0.05) is 0 Å². The van der Waals surface area contributed by atoms with Crippen LogP contribution in [0.25, 0.3) is 0 Å². The molecule has 15 heavy (non-hydrogen) atoms. The van der Waals surface area contributed by atoms with Gasteiger partial charge in [0, 0.05) is 27.1 Å². The molecular formula is C10H22N2O3. The quantitative estimate of drug-likeness (QED) is 0.543. The van der Waals surface area contributed by atoms with Crippen LogP contribution >= 0.6 is 0 Å². The van der Waals surface area contributed by atoms with Crippen LogP contribution in [0.2, 0.25) is 0 Å². The van der Waals surface area contributed by atoms with Gasteiger partial charge in [-0.05, 0) is 19.4 Å². The average molecular weight is 218 g/mol. The third-order valence-electron chi connectivity index (χ3n) is 2.11. The lowest BCUT2D eigenvalue weighted by Crippen LogP contribution is -2.36. The number of amides is 1. The Morgan fingerprint density at radius 1 is 1.53 bits per heavy atom. The van der Waals surface area contributed by atoms with Gasteiger partial charge in [-0.25, -0.2) is 0 Å². The number of nitrogens with two attached hydrogens (primary N) is 1. The molecule has 0 aliphatic heterocycles. The van der Waals surface area contributed by atoms with Crippen LogP contribution in [0, 0.1) is 0 Å². The normalized spacial score (nSPS) is 12.5. The molecule has 5 nitrogen and oxygen atoms in total. The number of hydrogen-bond acceptors (Lipinski definition) is 4. The van der Waals surface area contributed by atoms with Crippen molar-refractivity contribution < 1.29 is 14.6 Å². The molecule has 1 amide bonds. The van der Waals surface area contributed by atoms with Crippen LogP contribution in [0.5, 0.6) is 0 Å². The lowest BCUT2D eigenvalue weighted by atomic mass is 10.2. The Morgan fingerprint density at radius 3 is 2.73 bits per heavy atom. The first kappa shape index (κ1) is 14.3. The Morgan fingerprint density at radius 2 is 2.20 bits per heavy atom. The van der Waals surface area contributed by atoms with E-state index in [2.05, 4.69) is 0 Å². The zero-order chi connectivity index (χ0) is 11.7. The minimum absolute atomic E-state index is 0.0404. The number of aliphatic hydroxyl groups is 1. The van der Waals surface area contributed by atoms with E-state index >= 15 is 0 Å². The van der Waals surface area contributed by atoms with Crippen molar-refractivity contribution in [1.29, 1.82) is 0 Å². The van der Waals surface area contributed by atoms with Crippen LogP contribution < -0.4 is 5.73 Å². The summed E-state index contributed by atoms with van der Waals surface area (Å²) in [7, 11) is 3.20. The molecule has 0 aromatic carbocycles. The monoisotopic (exact) mass is 218 g/mol. The van der Waals surface area contributed by atoms with Crippen molar-refractivity contribution in [3.63, 3.8) is 0 Å². The van der Waals surface area contributed by atoms with Crippen molar-refractivity contribution in [2.45, 2.75) is 25.4 Å². The summed E-state index contributed by atoms with van der Waals surface area (Å²) in [5.41, 5.74) is 5.33. The van der Waals surface area contributed by atoms with E-state index in [0.717, 1.165) is 12.8 Å². The second-order valence-corrected chi connectivity index (χ2v) is 3.63. The predicted molar refractivity (Wildman–Crippen MR) is 58.4 cm³/mol. The highest BCUT2D eigenvalue weighted by Gasteiger charge is 2.12. The first-order chi connectivity index (χ1) is 7.11. The maximum Gasteiger partial charge on any atom is 0.222 e. The van der Waals surface area contributed by atoms with Crippen molar-refractivity contribution in [1.82, 2.24) is 4.90 Å². The first-order valence-corrected chi connectivity index (χ1v) is 5.22. The highest BCUT2D eigenvalue weighted by Crippen LogP contribution is 1.99. The summed E-state index contributed by atoms with van der Waals surface area (Å²) < 4.78 is 4.78. The third kappa shape index (κ3) is 7.30. The van der Waals surface area contributed by atoms with E-state index in [1.807, 2.05) is 0 Å². The molecule has 0 aliphatic carbocycles. The molecular weight excluding hydrogens is 196 g/mol. The van der Waals surface area contributed by atoms with Gasteiger partial charge < -0.3 is 20.5 Å². The number of methoxy groups -OCH3 is 1. The van der Waals surface area contributed by atoms with E-state index in [4.69, 9.17) is 10.5 Å². The maximum atomic E-state index is 11.5. The number of carbonyl (C=O) groups excluding carboxylic acids is 1. The lowest BCUT2D eigenvalue weighted by molar-refractivity contribution is -0.131. The number of unbranched alkanes of at least 4 members (excludes halogenated alkanes) is 1. The molecule has 0 aromatic heterocycles. The van der Waals surface area contributed by atoms with Crippen LogP contribution in [0.4, 0.5) is 0 Å². The standard InChI is InChI=1S/C10H22N2O3/c1-12(7-9(13)8-15-2)10(14)5-3-4-6-11/h9,13H,3-8,11H2,1-2H3. The molecule has 0 rings (SSSR count). The summed E-state index contributed by atoms with van der Waals surface area (Å²) in [6, 6.07) is 0. The van der Waals surface area contributed by atoms with Gasteiger partial charge in [-0.3, -0.25) is 4.79 Å². The van der Waals surface area contributed by atoms with E-state index in [0.29, 0.717) is 19.5 Å². The molecule has 1 unspecified atom stereocenters. The first-order valence-electron chi connectivity index (χ1n) is 5.22. The molecule has 0 bridgehead atoms. The van der Waals surface area contributed by atoms with Gasteiger partial charge >= 0.3 is 0 Å². The van der Waals surface area contributed by atoms with Gasteiger partial charge in [0.1, 0.15) is 0 Å². The maximum absolute atomic E-state index is 11.5. The fourth-order valence-electron chi connectivity index (χ4n) is 1.27. The highest BCUT2D eigenvalue weighted by molar-refractivity contribution is 5.75. The smallest absolute Gasteiger partial charge is 0.222 e. The van der Waals surface area contributed by atoms with Crippen molar-refractivity contribution >= 4 is 5.91 Å². The molecule has 0 heterocycles. The van der Waals surface area contributed by atoms with Gasteiger partial charge in [0.05, 0.1) is 12.7 Å². The second-order valence-electron chi connectivity index (χ2n) is 3.63. The SMILES string of the molecule is COCC(O)CN(C)C(=O)CCCCN. The van der Waals surface area contributed by atoms with E-state index in [1.165, 1.54) is 12.0 Å².